The van der Waals surface area contributed by atoms with Gasteiger partial charge in [0.25, 0.3) is 6.17 Å². The molecular weight excluding hydrogens is 225 g/mol. The molecule has 1 aliphatic heterocycles. The third-order valence-electron chi connectivity index (χ3n) is 2.14. The molecule has 14 heavy (non-hydrogen) atoms. The van der Waals surface area contributed by atoms with E-state index >= 15 is 0 Å². The summed E-state index contributed by atoms with van der Waals surface area (Å²) in [6.07, 6.45) is -6.43. The summed E-state index contributed by atoms with van der Waals surface area (Å²) in [7, 11) is 0. The molecule has 0 bridgehead atoms. The highest BCUT2D eigenvalue weighted by atomic mass is 35.5. The van der Waals surface area contributed by atoms with Gasteiger partial charge in [0.05, 0.1) is 11.3 Å². The second kappa shape index (κ2) is 3.90. The molecule has 1 N–H and O–H groups in total. The van der Waals surface area contributed by atoms with Crippen LogP contribution in [0.3, 0.4) is 0 Å². The normalized spacial score (nSPS) is 34.1. The van der Waals surface area contributed by atoms with Crippen molar-refractivity contribution >= 4 is 11.6 Å². The minimum absolute atomic E-state index is 0.197. The van der Waals surface area contributed by atoms with Gasteiger partial charge in [-0.2, -0.15) is 13.2 Å². The molecule has 1 rings (SSSR count). The second-order valence-electron chi connectivity index (χ2n) is 3.11. The Labute approximate surface area is 82.6 Å². The first-order chi connectivity index (χ1) is 6.32. The predicted octanol–water partition coefficient (Wildman–Crippen LogP) is 1.37. The monoisotopic (exact) mass is 232 g/mol. The van der Waals surface area contributed by atoms with E-state index in [9.17, 15) is 23.3 Å². The van der Waals surface area contributed by atoms with Gasteiger partial charge in [-0.1, -0.05) is 0 Å². The van der Waals surface area contributed by atoms with Crippen molar-refractivity contribution in [2.75, 3.05) is 6.54 Å². The van der Waals surface area contributed by atoms with E-state index < -0.39 is 35.0 Å². The lowest BCUT2D eigenvalue weighted by atomic mass is 9.95. The quantitative estimate of drug-likeness (QED) is 0.422. The fourth-order valence-corrected chi connectivity index (χ4v) is 1.70. The average Bonchev–Trinajstić information content (AvgIpc) is 2.02. The molecule has 0 amide bonds. The summed E-state index contributed by atoms with van der Waals surface area (Å²) in [5, 5.41) is 11.5. The first-order valence-corrected chi connectivity index (χ1v) is 4.33. The van der Waals surface area contributed by atoms with Crippen LogP contribution < -0.4 is 5.32 Å². The molecule has 0 spiro atoms. The molecule has 4 nitrogen and oxygen atoms in total. The molecule has 1 saturated heterocycles. The number of hydrogen-bond acceptors (Lipinski definition) is 3. The fourth-order valence-electron chi connectivity index (χ4n) is 1.36. The summed E-state index contributed by atoms with van der Waals surface area (Å²) < 4.78 is 36.9. The van der Waals surface area contributed by atoms with Gasteiger partial charge in [0.15, 0.2) is 0 Å². The van der Waals surface area contributed by atoms with Crippen LogP contribution in [0, 0.1) is 16.0 Å². The van der Waals surface area contributed by atoms with E-state index in [2.05, 4.69) is 5.32 Å². The summed E-state index contributed by atoms with van der Waals surface area (Å²) in [5.41, 5.74) is 0. The van der Waals surface area contributed by atoms with Crippen molar-refractivity contribution in [2.45, 2.75) is 24.1 Å². The van der Waals surface area contributed by atoms with Gasteiger partial charge in [0.1, 0.15) is 0 Å². The zero-order valence-electron chi connectivity index (χ0n) is 6.92. The van der Waals surface area contributed by atoms with Gasteiger partial charge in [0, 0.05) is 17.9 Å². The number of halogens is 4. The van der Waals surface area contributed by atoms with Crippen molar-refractivity contribution in [1.29, 1.82) is 0 Å². The maximum atomic E-state index is 12.3. The number of hydrogen-bond donors (Lipinski definition) is 1. The van der Waals surface area contributed by atoms with Crippen LogP contribution in [0.15, 0.2) is 0 Å². The zero-order chi connectivity index (χ0) is 10.9. The Morgan fingerprint density at radius 3 is 2.50 bits per heavy atom. The fraction of sp³-hybridized carbons (Fsp3) is 1.00. The molecule has 1 heterocycles. The standard InChI is InChI=1S/C6H8ClF3N2O2/c7-4-2-11-5(12(13)14)1-3(4)6(8,9)10/h3-5,11H,1-2H2. The molecule has 0 aromatic carbocycles. The maximum absolute atomic E-state index is 12.3. The molecule has 3 atom stereocenters. The summed E-state index contributed by atoms with van der Waals surface area (Å²) in [4.78, 5) is 9.50. The van der Waals surface area contributed by atoms with Gasteiger partial charge in [-0.15, -0.1) is 11.6 Å². The van der Waals surface area contributed by atoms with Crippen molar-refractivity contribution in [3.05, 3.63) is 10.1 Å². The molecule has 3 unspecified atom stereocenters. The Bertz CT molecular complexity index is 236. The number of piperidine rings is 1. The van der Waals surface area contributed by atoms with Gasteiger partial charge >= 0.3 is 6.18 Å². The highest BCUT2D eigenvalue weighted by molar-refractivity contribution is 6.21. The van der Waals surface area contributed by atoms with Crippen molar-refractivity contribution in [3.8, 4) is 0 Å². The lowest BCUT2D eigenvalue weighted by molar-refractivity contribution is -0.535. The summed E-state index contributed by atoms with van der Waals surface area (Å²) in [6.45, 7) is -0.197. The first-order valence-electron chi connectivity index (χ1n) is 3.90. The van der Waals surface area contributed by atoms with Crippen molar-refractivity contribution in [1.82, 2.24) is 5.32 Å². The van der Waals surface area contributed by atoms with Crippen LogP contribution in [0.1, 0.15) is 6.42 Å². The maximum Gasteiger partial charge on any atom is 0.393 e. The van der Waals surface area contributed by atoms with Crippen molar-refractivity contribution in [2.24, 2.45) is 5.92 Å². The molecule has 8 heteroatoms. The molecule has 0 aromatic rings. The third-order valence-corrected chi connectivity index (χ3v) is 2.60. The van der Waals surface area contributed by atoms with Crippen LogP contribution in [0.4, 0.5) is 13.2 Å². The van der Waals surface area contributed by atoms with Crippen LogP contribution in [0.5, 0.6) is 0 Å². The lowest BCUT2D eigenvalue weighted by Crippen LogP contribution is -2.52. The Morgan fingerprint density at radius 1 is 1.50 bits per heavy atom. The van der Waals surface area contributed by atoms with E-state index in [4.69, 9.17) is 11.6 Å². The van der Waals surface area contributed by atoms with Crippen LogP contribution in [-0.4, -0.2) is 29.2 Å². The summed E-state index contributed by atoms with van der Waals surface area (Å²) in [6, 6.07) is 0. The molecule has 0 aliphatic carbocycles. The zero-order valence-corrected chi connectivity index (χ0v) is 7.68. The number of nitro groups is 1. The number of alkyl halides is 4. The van der Waals surface area contributed by atoms with Crippen LogP contribution >= 0.6 is 11.6 Å². The topological polar surface area (TPSA) is 55.2 Å². The summed E-state index contributed by atoms with van der Waals surface area (Å²) >= 11 is 5.43. The minimum Gasteiger partial charge on any atom is -0.263 e. The Hall–Kier alpha value is -0.560. The first kappa shape index (κ1) is 11.5. The Balaban J connectivity index is 2.69. The molecule has 0 aromatic heterocycles. The van der Waals surface area contributed by atoms with Gasteiger partial charge in [-0.25, -0.2) is 0 Å². The molecular formula is C6H8ClF3N2O2. The van der Waals surface area contributed by atoms with E-state index in [1.54, 1.807) is 0 Å². The highest BCUT2D eigenvalue weighted by Gasteiger charge is 2.49. The van der Waals surface area contributed by atoms with E-state index in [1.807, 2.05) is 0 Å². The van der Waals surface area contributed by atoms with E-state index in [-0.39, 0.29) is 6.54 Å². The SMILES string of the molecule is O=[N+]([O-])C1CC(C(F)(F)F)C(Cl)CN1. The predicted molar refractivity (Wildman–Crippen MR) is 42.6 cm³/mol. The van der Waals surface area contributed by atoms with Gasteiger partial charge < -0.3 is 0 Å². The van der Waals surface area contributed by atoms with Crippen LogP contribution in [-0.2, 0) is 0 Å². The van der Waals surface area contributed by atoms with Crippen LogP contribution in [0.25, 0.3) is 0 Å². The Morgan fingerprint density at radius 2 is 2.07 bits per heavy atom. The van der Waals surface area contributed by atoms with E-state index in [1.165, 1.54) is 0 Å². The molecule has 1 fully saturated rings. The lowest BCUT2D eigenvalue weighted by Gasteiger charge is -2.30. The molecule has 0 saturated carbocycles. The van der Waals surface area contributed by atoms with E-state index in [0.717, 1.165) is 0 Å². The van der Waals surface area contributed by atoms with Gasteiger partial charge in [0.2, 0.25) is 0 Å². The largest absolute Gasteiger partial charge is 0.393 e. The van der Waals surface area contributed by atoms with Crippen molar-refractivity contribution < 1.29 is 18.1 Å². The minimum atomic E-state index is -4.47. The second-order valence-corrected chi connectivity index (χ2v) is 3.67. The highest BCUT2D eigenvalue weighted by Crippen LogP contribution is 2.36. The summed E-state index contributed by atoms with van der Waals surface area (Å²) in [5.74, 6) is -1.80. The third kappa shape index (κ3) is 2.48. The van der Waals surface area contributed by atoms with Crippen LogP contribution in [0.2, 0.25) is 0 Å². The molecule has 1 aliphatic rings. The smallest absolute Gasteiger partial charge is 0.263 e. The van der Waals surface area contributed by atoms with Gasteiger partial charge in [-0.3, -0.25) is 15.4 Å². The molecule has 0 radical (unpaired) electrons. The van der Waals surface area contributed by atoms with Gasteiger partial charge in [-0.05, 0) is 0 Å². The number of rotatable bonds is 1. The average molecular weight is 233 g/mol. The van der Waals surface area contributed by atoms with E-state index in [0.29, 0.717) is 0 Å². The molecule has 82 valence electrons. The number of nitrogens with zero attached hydrogens (tertiary/aromatic N) is 1. The Kier molecular flexibility index (Phi) is 3.20. The van der Waals surface area contributed by atoms with Crippen molar-refractivity contribution in [3.63, 3.8) is 0 Å². The number of nitrogens with one attached hydrogen (secondary N) is 1.